The predicted molar refractivity (Wildman–Crippen MR) is 103 cm³/mol. The maximum Gasteiger partial charge on any atom is 0.127 e. The SMILES string of the molecule is CN1Cc2ccccc2-c2ccccc2OC[C@@H]1Cc1ccccc1. The summed E-state index contributed by atoms with van der Waals surface area (Å²) in [5, 5.41) is 0. The standard InChI is InChI=1S/C23H23NO/c1-24-16-19-11-5-6-12-21(19)22-13-7-8-14-23(22)25-17-20(24)15-18-9-3-2-4-10-18/h2-14,20H,15-17H2,1H3/t20-/m0/s1. The fourth-order valence-corrected chi connectivity index (χ4v) is 3.55. The van der Waals surface area contributed by atoms with E-state index in [1.54, 1.807) is 0 Å². The van der Waals surface area contributed by atoms with Crippen molar-refractivity contribution < 1.29 is 4.74 Å². The van der Waals surface area contributed by atoms with Gasteiger partial charge in [-0.1, -0.05) is 72.8 Å². The molecule has 0 fully saturated rings. The quantitative estimate of drug-likeness (QED) is 0.670. The van der Waals surface area contributed by atoms with Gasteiger partial charge >= 0.3 is 0 Å². The zero-order valence-electron chi connectivity index (χ0n) is 14.6. The molecule has 1 heterocycles. The molecular weight excluding hydrogens is 306 g/mol. The second-order valence-corrected chi connectivity index (χ2v) is 6.72. The number of nitrogens with zero attached hydrogens (tertiary/aromatic N) is 1. The molecule has 3 aromatic carbocycles. The first kappa shape index (κ1) is 15.9. The Morgan fingerprint density at radius 3 is 2.36 bits per heavy atom. The summed E-state index contributed by atoms with van der Waals surface area (Å²) < 4.78 is 6.28. The van der Waals surface area contributed by atoms with Crippen LogP contribution in [0.2, 0.25) is 0 Å². The van der Waals surface area contributed by atoms with Crippen LogP contribution >= 0.6 is 0 Å². The van der Waals surface area contributed by atoms with Gasteiger partial charge in [-0.15, -0.1) is 0 Å². The fourth-order valence-electron chi connectivity index (χ4n) is 3.55. The van der Waals surface area contributed by atoms with Gasteiger partial charge < -0.3 is 4.74 Å². The van der Waals surface area contributed by atoms with Gasteiger partial charge in [0.1, 0.15) is 12.4 Å². The van der Waals surface area contributed by atoms with Crippen LogP contribution in [0.25, 0.3) is 11.1 Å². The van der Waals surface area contributed by atoms with Crippen LogP contribution in [0.5, 0.6) is 5.75 Å². The summed E-state index contributed by atoms with van der Waals surface area (Å²) in [6.07, 6.45) is 0.988. The third-order valence-electron chi connectivity index (χ3n) is 4.98. The molecule has 0 bridgehead atoms. The van der Waals surface area contributed by atoms with Gasteiger partial charge in [0.2, 0.25) is 0 Å². The Labute approximate surface area is 149 Å². The molecule has 4 rings (SSSR count). The maximum absolute atomic E-state index is 6.28. The van der Waals surface area contributed by atoms with E-state index >= 15 is 0 Å². The largest absolute Gasteiger partial charge is 0.491 e. The van der Waals surface area contributed by atoms with Crippen molar-refractivity contribution in [3.8, 4) is 16.9 Å². The zero-order valence-corrected chi connectivity index (χ0v) is 14.6. The van der Waals surface area contributed by atoms with E-state index in [0.717, 1.165) is 18.7 Å². The Kier molecular flexibility index (Phi) is 4.53. The Bertz CT molecular complexity index is 843. The lowest BCUT2D eigenvalue weighted by atomic mass is 9.98. The zero-order chi connectivity index (χ0) is 17.1. The summed E-state index contributed by atoms with van der Waals surface area (Å²) in [4.78, 5) is 2.41. The van der Waals surface area contributed by atoms with Crippen molar-refractivity contribution in [3.05, 3.63) is 90.0 Å². The molecule has 0 N–H and O–H groups in total. The van der Waals surface area contributed by atoms with E-state index in [1.165, 1.54) is 22.3 Å². The average Bonchev–Trinajstić information content (AvgIpc) is 2.71. The van der Waals surface area contributed by atoms with E-state index in [9.17, 15) is 0 Å². The van der Waals surface area contributed by atoms with E-state index in [1.807, 2.05) is 0 Å². The van der Waals surface area contributed by atoms with Crippen molar-refractivity contribution in [2.75, 3.05) is 13.7 Å². The maximum atomic E-state index is 6.28. The van der Waals surface area contributed by atoms with Crippen molar-refractivity contribution >= 4 is 0 Å². The lowest BCUT2D eigenvalue weighted by Crippen LogP contribution is -2.37. The van der Waals surface area contributed by atoms with Gasteiger partial charge in [-0.2, -0.15) is 0 Å². The van der Waals surface area contributed by atoms with Crippen LogP contribution in [0, 0.1) is 0 Å². The average molecular weight is 329 g/mol. The highest BCUT2D eigenvalue weighted by Crippen LogP contribution is 2.34. The summed E-state index contributed by atoms with van der Waals surface area (Å²) in [7, 11) is 2.20. The number of likely N-dealkylation sites (N-methyl/N-ethyl adjacent to an activating group) is 1. The smallest absolute Gasteiger partial charge is 0.127 e. The molecule has 0 saturated carbocycles. The Hall–Kier alpha value is -2.58. The first-order chi connectivity index (χ1) is 12.3. The molecule has 0 unspecified atom stereocenters. The van der Waals surface area contributed by atoms with Gasteiger partial charge in [0.05, 0.1) is 0 Å². The molecule has 1 atom stereocenters. The molecule has 126 valence electrons. The highest BCUT2D eigenvalue weighted by molar-refractivity contribution is 5.73. The third-order valence-corrected chi connectivity index (χ3v) is 4.98. The fraction of sp³-hybridized carbons (Fsp3) is 0.217. The number of hydrogen-bond acceptors (Lipinski definition) is 2. The summed E-state index contributed by atoms with van der Waals surface area (Å²) in [6.45, 7) is 1.61. The van der Waals surface area contributed by atoms with Gasteiger partial charge in [-0.3, -0.25) is 4.90 Å². The summed E-state index contributed by atoms with van der Waals surface area (Å²) >= 11 is 0. The Balaban J connectivity index is 1.71. The molecule has 0 radical (unpaired) electrons. The molecule has 2 nitrogen and oxygen atoms in total. The molecule has 0 saturated heterocycles. The number of benzene rings is 3. The summed E-state index contributed by atoms with van der Waals surface area (Å²) in [5.41, 5.74) is 5.15. The van der Waals surface area contributed by atoms with Gasteiger partial charge in [0.15, 0.2) is 0 Å². The van der Waals surface area contributed by atoms with Crippen LogP contribution < -0.4 is 4.74 Å². The topological polar surface area (TPSA) is 12.5 Å². The number of rotatable bonds is 2. The highest BCUT2D eigenvalue weighted by Gasteiger charge is 2.21. The van der Waals surface area contributed by atoms with Gasteiger partial charge in [0.25, 0.3) is 0 Å². The second kappa shape index (κ2) is 7.12. The first-order valence-corrected chi connectivity index (χ1v) is 8.85. The van der Waals surface area contributed by atoms with Crippen molar-refractivity contribution in [2.45, 2.75) is 19.0 Å². The molecule has 0 aliphatic carbocycles. The Morgan fingerprint density at radius 1 is 0.840 bits per heavy atom. The van der Waals surface area contributed by atoms with E-state index in [2.05, 4.69) is 90.8 Å². The monoisotopic (exact) mass is 329 g/mol. The minimum Gasteiger partial charge on any atom is -0.491 e. The molecule has 3 aromatic rings. The van der Waals surface area contributed by atoms with Crippen LogP contribution in [-0.4, -0.2) is 24.6 Å². The highest BCUT2D eigenvalue weighted by atomic mass is 16.5. The summed E-state index contributed by atoms with van der Waals surface area (Å²) in [6, 6.07) is 28.0. The molecule has 0 aromatic heterocycles. The van der Waals surface area contributed by atoms with Crippen molar-refractivity contribution in [2.24, 2.45) is 0 Å². The molecule has 0 amide bonds. The van der Waals surface area contributed by atoms with Gasteiger partial charge in [0, 0.05) is 18.2 Å². The second-order valence-electron chi connectivity index (χ2n) is 6.72. The van der Waals surface area contributed by atoms with E-state index in [-0.39, 0.29) is 0 Å². The molecular formula is C23H23NO. The van der Waals surface area contributed by atoms with Crippen molar-refractivity contribution in [1.29, 1.82) is 0 Å². The number of fused-ring (bicyclic) bond motifs is 3. The molecule has 1 aliphatic heterocycles. The summed E-state index contributed by atoms with van der Waals surface area (Å²) in [5.74, 6) is 0.975. The van der Waals surface area contributed by atoms with E-state index in [4.69, 9.17) is 4.74 Å². The molecule has 0 spiro atoms. The third kappa shape index (κ3) is 3.45. The minimum atomic E-state index is 0.335. The lowest BCUT2D eigenvalue weighted by Gasteiger charge is -2.27. The van der Waals surface area contributed by atoms with Crippen molar-refractivity contribution in [1.82, 2.24) is 4.90 Å². The lowest BCUT2D eigenvalue weighted by molar-refractivity contribution is 0.156. The Morgan fingerprint density at radius 2 is 1.52 bits per heavy atom. The van der Waals surface area contributed by atoms with E-state index in [0.29, 0.717) is 12.6 Å². The molecule has 25 heavy (non-hydrogen) atoms. The normalized spacial score (nSPS) is 17.4. The number of ether oxygens (including phenoxy) is 1. The van der Waals surface area contributed by atoms with Gasteiger partial charge in [-0.05, 0) is 36.2 Å². The van der Waals surface area contributed by atoms with Crippen LogP contribution in [0.1, 0.15) is 11.1 Å². The van der Waals surface area contributed by atoms with E-state index < -0.39 is 0 Å². The first-order valence-electron chi connectivity index (χ1n) is 8.85. The van der Waals surface area contributed by atoms with Gasteiger partial charge in [-0.25, -0.2) is 0 Å². The minimum absolute atomic E-state index is 0.335. The van der Waals surface area contributed by atoms with Crippen molar-refractivity contribution in [3.63, 3.8) is 0 Å². The van der Waals surface area contributed by atoms with Crippen LogP contribution in [0.4, 0.5) is 0 Å². The van der Waals surface area contributed by atoms with Crippen LogP contribution in [0.3, 0.4) is 0 Å². The number of hydrogen-bond donors (Lipinski definition) is 0. The van der Waals surface area contributed by atoms with Crippen LogP contribution in [-0.2, 0) is 13.0 Å². The number of para-hydroxylation sites is 1. The molecule has 1 aliphatic rings. The molecule has 2 heteroatoms. The van der Waals surface area contributed by atoms with Crippen LogP contribution in [0.15, 0.2) is 78.9 Å². The predicted octanol–water partition coefficient (Wildman–Crippen LogP) is 4.79.